The van der Waals surface area contributed by atoms with Crippen LogP contribution in [-0.2, 0) is 11.3 Å². The van der Waals surface area contributed by atoms with E-state index >= 15 is 0 Å². The summed E-state index contributed by atoms with van der Waals surface area (Å²) in [4.78, 5) is 25.3. The Hall–Kier alpha value is -1.60. The average molecular weight is 313 g/mol. The van der Waals surface area contributed by atoms with Gasteiger partial charge in [-0.1, -0.05) is 0 Å². The van der Waals surface area contributed by atoms with Gasteiger partial charge in [-0.05, 0) is 26.8 Å². The van der Waals surface area contributed by atoms with Gasteiger partial charge in [-0.15, -0.1) is 11.3 Å². The summed E-state index contributed by atoms with van der Waals surface area (Å²) in [5.41, 5.74) is 5.24. The number of nitrogens with zero attached hydrogens (tertiary/aromatic N) is 1. The summed E-state index contributed by atoms with van der Waals surface area (Å²) in [6, 6.07) is 1.78. The molecule has 0 aliphatic carbocycles. The summed E-state index contributed by atoms with van der Waals surface area (Å²) >= 11 is 1.48. The molecule has 0 aliphatic heterocycles. The number of likely N-dealkylation sites (N-methyl/N-ethyl adjacent to an activating group) is 1. The fourth-order valence-electron chi connectivity index (χ4n) is 1.49. The molecule has 1 heterocycles. The number of hydrogen-bond donors (Lipinski definition) is 2. The first-order valence-electron chi connectivity index (χ1n) is 6.71. The molecule has 0 radical (unpaired) electrons. The van der Waals surface area contributed by atoms with E-state index in [9.17, 15) is 9.59 Å². The number of ether oxygens (including phenoxy) is 1. The van der Waals surface area contributed by atoms with Crippen LogP contribution in [0.1, 0.15) is 36.0 Å². The number of amides is 2. The largest absolute Gasteiger partial charge is 0.444 e. The minimum atomic E-state index is -0.485. The van der Waals surface area contributed by atoms with Crippen LogP contribution in [0.2, 0.25) is 0 Å². The second-order valence-corrected chi connectivity index (χ2v) is 6.74. The van der Waals surface area contributed by atoms with E-state index in [1.54, 1.807) is 18.5 Å². The third-order valence-electron chi connectivity index (χ3n) is 2.57. The first kappa shape index (κ1) is 17.5. The summed E-state index contributed by atoms with van der Waals surface area (Å²) in [6.07, 6.45) is -0.337. The molecule has 0 unspecified atom stereocenters. The topological polar surface area (TPSA) is 84.7 Å². The fraction of sp³-hybridized carbons (Fsp3) is 0.571. The van der Waals surface area contributed by atoms with Crippen LogP contribution in [-0.4, -0.2) is 42.6 Å². The molecule has 21 heavy (non-hydrogen) atoms. The molecule has 0 saturated heterocycles. The Balaban J connectivity index is 2.27. The maximum absolute atomic E-state index is 11.7. The van der Waals surface area contributed by atoms with Gasteiger partial charge in [0.1, 0.15) is 5.60 Å². The molecule has 0 saturated carbocycles. The number of thiophene rings is 1. The number of hydrogen-bond acceptors (Lipinski definition) is 5. The highest BCUT2D eigenvalue weighted by Gasteiger charge is 2.19. The quantitative estimate of drug-likeness (QED) is 0.784. The highest BCUT2D eigenvalue weighted by molar-refractivity contribution is 7.10. The van der Waals surface area contributed by atoms with Gasteiger partial charge in [0.15, 0.2) is 0 Å². The van der Waals surface area contributed by atoms with Gasteiger partial charge in [0, 0.05) is 36.9 Å². The van der Waals surface area contributed by atoms with Crippen LogP contribution in [0.5, 0.6) is 0 Å². The number of primary amides is 1. The zero-order chi connectivity index (χ0) is 16.0. The monoisotopic (exact) mass is 313 g/mol. The first-order valence-corrected chi connectivity index (χ1v) is 7.59. The number of nitrogens with one attached hydrogen (secondary N) is 1. The van der Waals surface area contributed by atoms with Gasteiger partial charge in [0.2, 0.25) is 5.91 Å². The lowest BCUT2D eigenvalue weighted by molar-refractivity contribution is 0.0300. The smallest absolute Gasteiger partial charge is 0.410 e. The van der Waals surface area contributed by atoms with E-state index in [1.807, 2.05) is 20.8 Å². The number of rotatable bonds is 6. The molecule has 1 aromatic rings. The molecular formula is C14H23N3O3S. The molecule has 1 aromatic heterocycles. The zero-order valence-electron chi connectivity index (χ0n) is 12.9. The van der Waals surface area contributed by atoms with E-state index in [1.165, 1.54) is 16.2 Å². The van der Waals surface area contributed by atoms with Gasteiger partial charge in [-0.2, -0.15) is 0 Å². The van der Waals surface area contributed by atoms with Gasteiger partial charge in [-0.25, -0.2) is 4.79 Å². The molecule has 2 amide bonds. The van der Waals surface area contributed by atoms with Gasteiger partial charge in [0.05, 0.1) is 5.56 Å². The predicted octanol–water partition coefficient (Wildman–Crippen LogP) is 1.80. The molecule has 7 heteroatoms. The van der Waals surface area contributed by atoms with Crippen LogP contribution in [0.4, 0.5) is 4.79 Å². The molecule has 6 nitrogen and oxygen atoms in total. The number of nitrogens with two attached hydrogens (primary N) is 1. The van der Waals surface area contributed by atoms with Crippen molar-refractivity contribution >= 4 is 23.3 Å². The van der Waals surface area contributed by atoms with Crippen molar-refractivity contribution < 1.29 is 14.3 Å². The molecule has 0 atom stereocenters. The van der Waals surface area contributed by atoms with E-state index in [0.717, 1.165) is 4.88 Å². The first-order chi connectivity index (χ1) is 9.69. The highest BCUT2D eigenvalue weighted by Crippen LogP contribution is 2.13. The Morgan fingerprint density at radius 2 is 2.10 bits per heavy atom. The van der Waals surface area contributed by atoms with E-state index in [4.69, 9.17) is 10.5 Å². The molecule has 0 bridgehead atoms. The van der Waals surface area contributed by atoms with Gasteiger partial charge >= 0.3 is 6.09 Å². The summed E-state index contributed by atoms with van der Waals surface area (Å²) in [7, 11) is 1.70. The van der Waals surface area contributed by atoms with Gasteiger partial charge < -0.3 is 20.7 Å². The van der Waals surface area contributed by atoms with E-state index in [2.05, 4.69) is 5.32 Å². The predicted molar refractivity (Wildman–Crippen MR) is 83.4 cm³/mol. The normalized spacial score (nSPS) is 11.2. The van der Waals surface area contributed by atoms with Crippen molar-refractivity contribution in [2.45, 2.75) is 32.9 Å². The van der Waals surface area contributed by atoms with Gasteiger partial charge in [0.25, 0.3) is 0 Å². The Bertz CT molecular complexity index is 494. The van der Waals surface area contributed by atoms with Crippen molar-refractivity contribution in [3.63, 3.8) is 0 Å². The van der Waals surface area contributed by atoms with Crippen molar-refractivity contribution in [3.8, 4) is 0 Å². The zero-order valence-corrected chi connectivity index (χ0v) is 13.8. The molecule has 1 rings (SSSR count). The molecule has 118 valence electrons. The average Bonchev–Trinajstić information content (AvgIpc) is 2.81. The number of carbonyl (C=O) groups is 2. The van der Waals surface area contributed by atoms with Crippen LogP contribution in [0.25, 0.3) is 0 Å². The van der Waals surface area contributed by atoms with E-state index in [0.29, 0.717) is 25.2 Å². The van der Waals surface area contributed by atoms with Crippen molar-refractivity contribution in [2.24, 2.45) is 5.73 Å². The highest BCUT2D eigenvalue weighted by atomic mass is 32.1. The molecule has 3 N–H and O–H groups in total. The molecule has 0 aromatic carbocycles. The minimum absolute atomic E-state index is 0.337. The molecule has 0 aliphatic rings. The van der Waals surface area contributed by atoms with Crippen LogP contribution >= 0.6 is 11.3 Å². The minimum Gasteiger partial charge on any atom is -0.444 e. The summed E-state index contributed by atoms with van der Waals surface area (Å²) < 4.78 is 5.25. The summed E-state index contributed by atoms with van der Waals surface area (Å²) in [5.74, 6) is -0.415. The lowest BCUT2D eigenvalue weighted by atomic mass is 10.2. The maximum atomic E-state index is 11.7. The standard InChI is InChI=1S/C14H23N3O3S/c1-14(2,3)20-13(19)17(4)6-5-16-8-11-7-10(9-21-11)12(15)18/h7,9,16H,5-6,8H2,1-4H3,(H2,15,18). The Morgan fingerprint density at radius 1 is 1.43 bits per heavy atom. The van der Waals surface area contributed by atoms with Crippen molar-refractivity contribution in [2.75, 3.05) is 20.1 Å². The lowest BCUT2D eigenvalue weighted by Crippen LogP contribution is -2.37. The second-order valence-electron chi connectivity index (χ2n) is 5.74. The fourth-order valence-corrected chi connectivity index (χ4v) is 2.33. The summed E-state index contributed by atoms with van der Waals surface area (Å²) in [6.45, 7) is 7.33. The van der Waals surface area contributed by atoms with E-state index < -0.39 is 11.5 Å². The number of carbonyl (C=O) groups excluding carboxylic acids is 2. The third kappa shape index (κ3) is 6.59. The van der Waals surface area contributed by atoms with Crippen molar-refractivity contribution in [3.05, 3.63) is 21.9 Å². The van der Waals surface area contributed by atoms with Gasteiger partial charge in [-0.3, -0.25) is 4.79 Å². The van der Waals surface area contributed by atoms with Crippen LogP contribution < -0.4 is 11.1 Å². The van der Waals surface area contributed by atoms with E-state index in [-0.39, 0.29) is 6.09 Å². The Kier molecular flexibility index (Phi) is 6.17. The Morgan fingerprint density at radius 3 is 2.62 bits per heavy atom. The molecule has 0 spiro atoms. The lowest BCUT2D eigenvalue weighted by Gasteiger charge is -2.24. The maximum Gasteiger partial charge on any atom is 0.410 e. The Labute approximate surface area is 129 Å². The van der Waals surface area contributed by atoms with Crippen LogP contribution in [0.3, 0.4) is 0 Å². The molecule has 0 fully saturated rings. The summed E-state index contributed by atoms with van der Waals surface area (Å²) in [5, 5.41) is 4.95. The van der Waals surface area contributed by atoms with Crippen molar-refractivity contribution in [1.82, 2.24) is 10.2 Å². The van der Waals surface area contributed by atoms with Crippen molar-refractivity contribution in [1.29, 1.82) is 0 Å². The third-order valence-corrected chi connectivity index (χ3v) is 3.50. The van der Waals surface area contributed by atoms with Crippen LogP contribution in [0, 0.1) is 0 Å². The second kappa shape index (κ2) is 7.42. The molecular weight excluding hydrogens is 290 g/mol. The van der Waals surface area contributed by atoms with Crippen LogP contribution in [0.15, 0.2) is 11.4 Å². The SMILES string of the molecule is CN(CCNCc1cc(C(N)=O)cs1)C(=O)OC(C)(C)C.